The molecule has 0 radical (unpaired) electrons. The SMILES string of the molecule is Cc1ccc(-c2cccc(C(F)(F)F)c2)cn1.O=S(Nc1ccncn1)c1ccc2c(c1)OCCC2. The zero-order valence-electron chi connectivity index (χ0n) is 19.3. The molecule has 1 aliphatic rings. The minimum Gasteiger partial charge on any atom is -0.493 e. The van der Waals surface area contributed by atoms with Gasteiger partial charge >= 0.3 is 6.18 Å². The Balaban J connectivity index is 0.000000170. The summed E-state index contributed by atoms with van der Waals surface area (Å²) in [7, 11) is -1.35. The maximum absolute atomic E-state index is 12.5. The summed E-state index contributed by atoms with van der Waals surface area (Å²) in [6.45, 7) is 2.55. The van der Waals surface area contributed by atoms with Crippen LogP contribution in [-0.4, -0.2) is 25.8 Å². The number of hydrogen-bond donors (Lipinski definition) is 1. The molecule has 186 valence electrons. The van der Waals surface area contributed by atoms with Crippen LogP contribution in [0.15, 0.2) is 84.3 Å². The molecule has 1 N–H and O–H groups in total. The molecule has 0 amide bonds. The van der Waals surface area contributed by atoms with Crippen LogP contribution in [0.3, 0.4) is 0 Å². The predicted molar refractivity (Wildman–Crippen MR) is 132 cm³/mol. The molecule has 5 rings (SSSR count). The average Bonchev–Trinajstić information content (AvgIpc) is 2.89. The van der Waals surface area contributed by atoms with Crippen LogP contribution >= 0.6 is 0 Å². The van der Waals surface area contributed by atoms with E-state index >= 15 is 0 Å². The van der Waals surface area contributed by atoms with Crippen molar-refractivity contribution in [3.63, 3.8) is 0 Å². The minimum atomic E-state index is -4.31. The second-order valence-corrected chi connectivity index (χ2v) is 9.17. The van der Waals surface area contributed by atoms with Gasteiger partial charge in [-0.3, -0.25) is 9.71 Å². The summed E-state index contributed by atoms with van der Waals surface area (Å²) in [4.78, 5) is 12.5. The van der Waals surface area contributed by atoms with Crippen LogP contribution in [-0.2, 0) is 23.6 Å². The number of pyridine rings is 1. The molecule has 1 aliphatic heterocycles. The third kappa shape index (κ3) is 6.66. The van der Waals surface area contributed by atoms with Gasteiger partial charge in [0.2, 0.25) is 0 Å². The fraction of sp³-hybridized carbons (Fsp3) is 0.192. The summed E-state index contributed by atoms with van der Waals surface area (Å²) in [5.41, 5.74) is 2.57. The van der Waals surface area contributed by atoms with Crippen molar-refractivity contribution in [3.05, 3.63) is 96.2 Å². The first-order valence-electron chi connectivity index (χ1n) is 11.1. The first kappa shape index (κ1) is 25.3. The van der Waals surface area contributed by atoms with E-state index in [-0.39, 0.29) is 0 Å². The van der Waals surface area contributed by atoms with E-state index < -0.39 is 22.7 Å². The van der Waals surface area contributed by atoms with Gasteiger partial charge in [0.15, 0.2) is 11.0 Å². The van der Waals surface area contributed by atoms with Gasteiger partial charge in [-0.2, -0.15) is 13.2 Å². The van der Waals surface area contributed by atoms with Crippen LogP contribution in [0.1, 0.15) is 23.2 Å². The van der Waals surface area contributed by atoms with Gasteiger partial charge in [-0.15, -0.1) is 0 Å². The van der Waals surface area contributed by atoms with Crippen LogP contribution in [0.5, 0.6) is 5.75 Å². The average molecular weight is 513 g/mol. The predicted octanol–water partition coefficient (Wildman–Crippen LogP) is 6.01. The van der Waals surface area contributed by atoms with Crippen LogP contribution in [0, 0.1) is 6.92 Å². The molecule has 2 aromatic heterocycles. The summed E-state index contributed by atoms with van der Waals surface area (Å²) in [6, 6.07) is 16.1. The van der Waals surface area contributed by atoms with Crippen molar-refractivity contribution in [2.75, 3.05) is 11.3 Å². The fourth-order valence-electron chi connectivity index (χ4n) is 3.45. The number of aromatic nitrogens is 3. The third-order valence-corrected chi connectivity index (χ3v) is 6.39. The summed E-state index contributed by atoms with van der Waals surface area (Å²) >= 11 is 0. The largest absolute Gasteiger partial charge is 0.493 e. The molecule has 2 aromatic carbocycles. The molecular weight excluding hydrogens is 489 g/mol. The number of alkyl halides is 3. The van der Waals surface area contributed by atoms with Gasteiger partial charge in [-0.05, 0) is 67.3 Å². The second kappa shape index (κ2) is 11.3. The molecule has 6 nitrogen and oxygen atoms in total. The Bertz CT molecular complexity index is 1330. The van der Waals surface area contributed by atoms with Crippen LogP contribution < -0.4 is 9.46 Å². The second-order valence-electron chi connectivity index (χ2n) is 7.95. The number of nitrogens with one attached hydrogen (secondary N) is 1. The number of fused-ring (bicyclic) bond motifs is 1. The smallest absolute Gasteiger partial charge is 0.416 e. The van der Waals surface area contributed by atoms with Gasteiger partial charge in [-0.1, -0.05) is 24.3 Å². The molecule has 0 fully saturated rings. The van der Waals surface area contributed by atoms with Crippen molar-refractivity contribution in [1.82, 2.24) is 15.0 Å². The summed E-state index contributed by atoms with van der Waals surface area (Å²) in [5.74, 6) is 1.37. The fourth-order valence-corrected chi connectivity index (χ4v) is 4.29. The third-order valence-electron chi connectivity index (χ3n) is 5.31. The minimum absolute atomic E-state index is 0.521. The van der Waals surface area contributed by atoms with Crippen molar-refractivity contribution < 1.29 is 22.1 Å². The van der Waals surface area contributed by atoms with Gasteiger partial charge in [0, 0.05) is 23.7 Å². The highest BCUT2D eigenvalue weighted by atomic mass is 32.2. The Morgan fingerprint density at radius 3 is 2.58 bits per heavy atom. The quantitative estimate of drug-likeness (QED) is 0.362. The Morgan fingerprint density at radius 1 is 1.00 bits per heavy atom. The number of benzene rings is 2. The highest BCUT2D eigenvalue weighted by Crippen LogP contribution is 2.32. The maximum atomic E-state index is 12.5. The van der Waals surface area contributed by atoms with Gasteiger partial charge in [0.05, 0.1) is 17.1 Å². The Hall–Kier alpha value is -3.79. The standard InChI is InChI=1S/C13H10F3N.C13H13N3O2S/c1-9-5-6-11(8-17-9)10-3-2-4-12(7-10)13(14,15)16;17-19(16-13-5-6-14-9-15-13)11-4-3-10-2-1-7-18-12(10)8-11/h2-8H,1H3;3-6,8-9H,1-2,7H2,(H,14,15,16). The van der Waals surface area contributed by atoms with Gasteiger partial charge in [-0.25, -0.2) is 14.2 Å². The van der Waals surface area contributed by atoms with Crippen LogP contribution in [0.2, 0.25) is 0 Å². The van der Waals surface area contributed by atoms with Crippen molar-refractivity contribution in [3.8, 4) is 16.9 Å². The lowest BCUT2D eigenvalue weighted by molar-refractivity contribution is -0.137. The molecule has 0 bridgehead atoms. The van der Waals surface area contributed by atoms with Gasteiger partial charge in [0.1, 0.15) is 17.9 Å². The highest BCUT2D eigenvalue weighted by Gasteiger charge is 2.30. The van der Waals surface area contributed by atoms with Crippen LogP contribution in [0.25, 0.3) is 11.1 Å². The van der Waals surface area contributed by atoms with E-state index in [1.807, 2.05) is 25.1 Å². The van der Waals surface area contributed by atoms with Gasteiger partial charge in [0.25, 0.3) is 0 Å². The summed E-state index contributed by atoms with van der Waals surface area (Å²) in [5, 5.41) is 0. The van der Waals surface area contributed by atoms with Crippen molar-refractivity contribution in [2.45, 2.75) is 30.8 Å². The van der Waals surface area contributed by atoms with E-state index in [0.29, 0.717) is 21.8 Å². The van der Waals surface area contributed by atoms with E-state index in [4.69, 9.17) is 4.74 Å². The number of rotatable bonds is 4. The van der Waals surface area contributed by atoms with E-state index in [2.05, 4.69) is 19.7 Å². The molecule has 0 saturated carbocycles. The monoisotopic (exact) mass is 512 g/mol. The first-order chi connectivity index (χ1) is 17.3. The molecular formula is C26H23F3N4O2S. The van der Waals surface area contributed by atoms with E-state index in [0.717, 1.165) is 43.0 Å². The Kier molecular flexibility index (Phi) is 7.94. The Morgan fingerprint density at radius 2 is 1.86 bits per heavy atom. The number of hydrogen-bond acceptors (Lipinski definition) is 5. The number of halogens is 3. The van der Waals surface area contributed by atoms with E-state index in [9.17, 15) is 17.4 Å². The number of anilines is 1. The molecule has 4 aromatic rings. The van der Waals surface area contributed by atoms with Gasteiger partial charge < -0.3 is 4.74 Å². The maximum Gasteiger partial charge on any atom is 0.416 e. The molecule has 1 atom stereocenters. The zero-order valence-corrected chi connectivity index (χ0v) is 20.1. The molecule has 36 heavy (non-hydrogen) atoms. The summed E-state index contributed by atoms with van der Waals surface area (Å²) < 4.78 is 58.2. The molecule has 0 spiro atoms. The highest BCUT2D eigenvalue weighted by molar-refractivity contribution is 7.86. The summed E-state index contributed by atoms with van der Waals surface area (Å²) in [6.07, 6.45) is 2.33. The molecule has 0 aliphatic carbocycles. The van der Waals surface area contributed by atoms with Crippen molar-refractivity contribution >= 4 is 16.8 Å². The zero-order chi connectivity index (χ0) is 25.5. The number of ether oxygens (including phenoxy) is 1. The van der Waals surface area contributed by atoms with E-state index in [1.54, 1.807) is 36.7 Å². The number of nitrogens with zero attached hydrogens (tertiary/aromatic N) is 3. The molecule has 0 saturated heterocycles. The first-order valence-corrected chi connectivity index (χ1v) is 12.2. The Labute approximate surface area is 209 Å². The van der Waals surface area contributed by atoms with Crippen molar-refractivity contribution in [2.24, 2.45) is 0 Å². The molecule has 1 unspecified atom stereocenters. The lowest BCUT2D eigenvalue weighted by atomic mass is 10.0. The van der Waals surface area contributed by atoms with Crippen molar-refractivity contribution in [1.29, 1.82) is 0 Å². The van der Waals surface area contributed by atoms with E-state index in [1.165, 1.54) is 18.0 Å². The molecule has 10 heteroatoms. The normalized spacial score (nSPS) is 13.4. The lowest BCUT2D eigenvalue weighted by Crippen LogP contribution is -2.10. The topological polar surface area (TPSA) is 77.0 Å². The number of aryl methyl sites for hydroxylation is 2. The lowest BCUT2D eigenvalue weighted by Gasteiger charge is -2.17. The van der Waals surface area contributed by atoms with Crippen LogP contribution in [0.4, 0.5) is 19.0 Å². The molecule has 3 heterocycles.